The van der Waals surface area contributed by atoms with Crippen molar-refractivity contribution in [1.29, 1.82) is 0 Å². The number of nitrogens with zero attached hydrogens (tertiary/aromatic N) is 1. The van der Waals surface area contributed by atoms with Crippen LogP contribution in [0, 0.1) is 0 Å². The van der Waals surface area contributed by atoms with E-state index in [0.29, 0.717) is 0 Å². The second-order valence-electron chi connectivity index (χ2n) is 2.37. The Morgan fingerprint density at radius 3 is 2.64 bits per heavy atom. The Balaban J connectivity index is 2.80. The smallest absolute Gasteiger partial charge is 0.425 e. The van der Waals surface area contributed by atoms with Crippen LogP contribution in [-0.2, 0) is 23.5 Å². The normalized spacial score (nSPS) is 22.0. The molecule has 0 radical (unpaired) electrons. The Morgan fingerprint density at radius 2 is 2.29 bits per heavy atom. The Kier molecular flexibility index (Phi) is 2.86. The number of rotatable bonds is 2. The van der Waals surface area contributed by atoms with E-state index in [1.54, 1.807) is 0 Å². The van der Waals surface area contributed by atoms with Gasteiger partial charge in [-0.3, -0.25) is 0 Å². The van der Waals surface area contributed by atoms with Gasteiger partial charge in [-0.25, -0.2) is 9.59 Å². The summed E-state index contributed by atoms with van der Waals surface area (Å²) in [7, 11) is 1.78. The highest BCUT2D eigenvalue weighted by Crippen LogP contribution is 2.18. The van der Waals surface area contributed by atoms with Crippen molar-refractivity contribution in [3.05, 3.63) is 0 Å². The van der Waals surface area contributed by atoms with E-state index in [4.69, 9.17) is 10.7 Å². The van der Waals surface area contributed by atoms with Gasteiger partial charge < -0.3 is 9.47 Å². The fraction of sp³-hybridized carbons (Fsp3) is 0.600. The van der Waals surface area contributed by atoms with E-state index >= 15 is 0 Å². The topological polar surface area (TPSA) is 90.0 Å². The SMILES string of the molecule is COC(=O)[C@H]1CN(S(=O)(=O)Cl)C(=O)O1. The predicted molar refractivity (Wildman–Crippen MR) is 43.8 cm³/mol. The van der Waals surface area contributed by atoms with E-state index in [1.165, 1.54) is 0 Å². The van der Waals surface area contributed by atoms with Crippen LogP contribution in [0.25, 0.3) is 0 Å². The molecule has 1 heterocycles. The van der Waals surface area contributed by atoms with Crippen LogP contribution in [0.4, 0.5) is 4.79 Å². The Morgan fingerprint density at radius 1 is 1.71 bits per heavy atom. The molecule has 1 amide bonds. The predicted octanol–water partition coefficient (Wildman–Crippen LogP) is -0.536. The molecule has 9 heteroatoms. The number of carbonyl (C=O) groups is 2. The number of hydrogen-bond acceptors (Lipinski definition) is 6. The van der Waals surface area contributed by atoms with Crippen LogP contribution < -0.4 is 0 Å². The van der Waals surface area contributed by atoms with Crippen molar-refractivity contribution in [2.24, 2.45) is 0 Å². The van der Waals surface area contributed by atoms with Crippen LogP contribution in [0.1, 0.15) is 0 Å². The van der Waals surface area contributed by atoms with Crippen LogP contribution in [0.15, 0.2) is 0 Å². The molecule has 1 atom stereocenters. The lowest BCUT2D eigenvalue weighted by atomic mass is 10.4. The van der Waals surface area contributed by atoms with Gasteiger partial charge in [0.1, 0.15) is 0 Å². The van der Waals surface area contributed by atoms with E-state index in [1.807, 2.05) is 0 Å². The van der Waals surface area contributed by atoms with E-state index in [-0.39, 0.29) is 4.31 Å². The van der Waals surface area contributed by atoms with Crippen LogP contribution >= 0.6 is 10.7 Å². The number of halogens is 1. The third kappa shape index (κ3) is 2.07. The summed E-state index contributed by atoms with van der Waals surface area (Å²) in [5.41, 5.74) is 0. The van der Waals surface area contributed by atoms with Crippen LogP contribution in [0.3, 0.4) is 0 Å². The van der Waals surface area contributed by atoms with Crippen molar-refractivity contribution in [3.8, 4) is 0 Å². The molecule has 0 spiro atoms. The minimum atomic E-state index is -4.20. The first kappa shape index (κ1) is 11.1. The first-order chi connectivity index (χ1) is 6.36. The minimum Gasteiger partial charge on any atom is -0.466 e. The minimum absolute atomic E-state index is 0.246. The third-order valence-electron chi connectivity index (χ3n) is 1.51. The van der Waals surface area contributed by atoms with Crippen LogP contribution in [0.2, 0.25) is 0 Å². The largest absolute Gasteiger partial charge is 0.466 e. The van der Waals surface area contributed by atoms with Gasteiger partial charge in [0.2, 0.25) is 6.10 Å². The lowest BCUT2D eigenvalue weighted by Gasteiger charge is -2.05. The van der Waals surface area contributed by atoms with Gasteiger partial charge in [-0.1, -0.05) is 0 Å². The van der Waals surface area contributed by atoms with Gasteiger partial charge >= 0.3 is 21.3 Å². The van der Waals surface area contributed by atoms with Gasteiger partial charge in [0.25, 0.3) is 0 Å². The summed E-state index contributed by atoms with van der Waals surface area (Å²) < 4.78 is 30.4. The van der Waals surface area contributed by atoms with Crippen molar-refractivity contribution in [2.45, 2.75) is 6.10 Å². The average molecular weight is 244 g/mol. The number of ether oxygens (including phenoxy) is 2. The molecule has 1 fully saturated rings. The quantitative estimate of drug-likeness (QED) is 0.478. The second-order valence-corrected chi connectivity index (χ2v) is 4.80. The first-order valence-corrected chi connectivity index (χ1v) is 5.63. The van der Waals surface area contributed by atoms with Crippen LogP contribution in [0.5, 0.6) is 0 Å². The van der Waals surface area contributed by atoms with Gasteiger partial charge in [-0.2, -0.15) is 12.7 Å². The average Bonchev–Trinajstić information content (AvgIpc) is 2.45. The molecular weight excluding hydrogens is 238 g/mol. The summed E-state index contributed by atoms with van der Waals surface area (Å²) in [6.45, 7) is -0.461. The highest BCUT2D eigenvalue weighted by atomic mass is 35.7. The summed E-state index contributed by atoms with van der Waals surface area (Å²) >= 11 is 0. The van der Waals surface area contributed by atoms with Gasteiger partial charge in [0.15, 0.2) is 0 Å². The van der Waals surface area contributed by atoms with Crippen molar-refractivity contribution in [1.82, 2.24) is 4.31 Å². The molecule has 0 aromatic rings. The number of cyclic esters (lactones) is 1. The van der Waals surface area contributed by atoms with Gasteiger partial charge in [-0.15, -0.1) is 0 Å². The number of amides is 1. The molecule has 1 aliphatic rings. The molecule has 14 heavy (non-hydrogen) atoms. The maximum Gasteiger partial charge on any atom is 0.425 e. The summed E-state index contributed by atoms with van der Waals surface area (Å²) in [5, 5.41) is 0. The number of methoxy groups -OCH3 is 1. The molecule has 0 aromatic heterocycles. The van der Waals surface area contributed by atoms with Gasteiger partial charge in [0.05, 0.1) is 13.7 Å². The molecule has 0 aliphatic carbocycles. The lowest BCUT2D eigenvalue weighted by molar-refractivity contribution is -0.148. The Labute approximate surface area is 84.1 Å². The number of carbonyl (C=O) groups excluding carboxylic acids is 2. The van der Waals surface area contributed by atoms with Crippen molar-refractivity contribution < 1.29 is 27.5 Å². The molecule has 0 bridgehead atoms. The van der Waals surface area contributed by atoms with Crippen molar-refractivity contribution in [2.75, 3.05) is 13.7 Å². The molecule has 0 saturated carbocycles. The zero-order chi connectivity index (χ0) is 10.9. The molecule has 0 aromatic carbocycles. The first-order valence-electron chi connectivity index (χ1n) is 3.37. The molecule has 7 nitrogen and oxygen atoms in total. The summed E-state index contributed by atoms with van der Waals surface area (Å²) in [6, 6.07) is 0. The van der Waals surface area contributed by atoms with Gasteiger partial charge in [0, 0.05) is 10.7 Å². The molecular formula is C5H6ClNO6S. The second kappa shape index (κ2) is 3.62. The highest BCUT2D eigenvalue weighted by molar-refractivity contribution is 8.12. The Hall–Kier alpha value is -1.02. The van der Waals surface area contributed by atoms with E-state index < -0.39 is 33.9 Å². The molecule has 80 valence electrons. The van der Waals surface area contributed by atoms with Crippen LogP contribution in [-0.4, -0.2) is 44.5 Å². The fourth-order valence-electron chi connectivity index (χ4n) is 0.875. The molecule has 0 unspecified atom stereocenters. The monoisotopic (exact) mass is 243 g/mol. The zero-order valence-electron chi connectivity index (χ0n) is 6.97. The van der Waals surface area contributed by atoms with Crippen molar-refractivity contribution in [3.63, 3.8) is 0 Å². The highest BCUT2D eigenvalue weighted by Gasteiger charge is 2.42. The third-order valence-corrected chi connectivity index (χ3v) is 2.83. The molecule has 1 saturated heterocycles. The molecule has 0 N–H and O–H groups in total. The molecule has 1 rings (SSSR count). The summed E-state index contributed by atoms with van der Waals surface area (Å²) in [5.74, 6) is -0.832. The standard InChI is InChI=1S/C5H6ClNO6S/c1-12-4(8)3-2-7(5(9)13-3)14(6,10)11/h3H,2H2,1H3/t3-/m1/s1. The molecule has 1 aliphatic heterocycles. The van der Waals surface area contributed by atoms with E-state index in [0.717, 1.165) is 7.11 Å². The number of esters is 1. The number of hydrogen-bond donors (Lipinski definition) is 0. The summed E-state index contributed by atoms with van der Waals surface area (Å²) in [6.07, 6.45) is -2.43. The lowest BCUT2D eigenvalue weighted by Crippen LogP contribution is -2.30. The maximum atomic E-state index is 10.9. The Bertz CT molecular complexity index is 364. The van der Waals surface area contributed by atoms with Crippen molar-refractivity contribution >= 4 is 32.0 Å². The van der Waals surface area contributed by atoms with E-state index in [9.17, 15) is 18.0 Å². The fourth-order valence-corrected chi connectivity index (χ4v) is 1.75. The maximum absolute atomic E-state index is 10.9. The van der Waals surface area contributed by atoms with E-state index in [2.05, 4.69) is 9.47 Å². The van der Waals surface area contributed by atoms with Gasteiger partial charge in [-0.05, 0) is 0 Å². The zero-order valence-corrected chi connectivity index (χ0v) is 8.54. The summed E-state index contributed by atoms with van der Waals surface area (Å²) in [4.78, 5) is 21.8.